The first-order valence-corrected chi connectivity index (χ1v) is 5.22. The first-order valence-electron chi connectivity index (χ1n) is 4.43. The van der Waals surface area contributed by atoms with E-state index in [2.05, 4.69) is 15.9 Å². The average Bonchev–Trinajstić information content (AvgIpc) is 2.68. The Balaban J connectivity index is 2.50. The summed E-state index contributed by atoms with van der Waals surface area (Å²) < 4.78 is 18.7. The number of nitrogen functional groups attached to an aromatic ring is 1. The molecule has 2 N–H and O–H groups in total. The summed E-state index contributed by atoms with van der Waals surface area (Å²) in [6, 6.07) is 5.66. The molecule has 0 saturated heterocycles. The van der Waals surface area contributed by atoms with Gasteiger partial charge >= 0.3 is 0 Å². The first kappa shape index (κ1) is 10.9. The van der Waals surface area contributed by atoms with E-state index in [1.165, 1.54) is 24.5 Å². The number of nitrogens with two attached hydrogens (primary N) is 1. The van der Waals surface area contributed by atoms with Crippen LogP contribution in [0.5, 0.6) is 0 Å². The van der Waals surface area contributed by atoms with E-state index in [0.29, 0.717) is 4.47 Å². The quantitative estimate of drug-likeness (QED) is 0.681. The summed E-state index contributed by atoms with van der Waals surface area (Å²) in [4.78, 5) is 11.9. The van der Waals surface area contributed by atoms with Crippen LogP contribution in [0.3, 0.4) is 0 Å². The number of hydrogen-bond acceptors (Lipinski definition) is 3. The minimum absolute atomic E-state index is 0.0932. The van der Waals surface area contributed by atoms with Crippen LogP contribution in [0.25, 0.3) is 0 Å². The van der Waals surface area contributed by atoms with E-state index >= 15 is 0 Å². The Kier molecular flexibility index (Phi) is 2.78. The molecular weight excluding hydrogens is 277 g/mol. The summed E-state index contributed by atoms with van der Waals surface area (Å²) in [5.41, 5.74) is 5.41. The van der Waals surface area contributed by atoms with Gasteiger partial charge in [0.15, 0.2) is 5.76 Å². The highest BCUT2D eigenvalue weighted by molar-refractivity contribution is 9.10. The number of furan rings is 1. The number of halogens is 2. The molecule has 0 aliphatic heterocycles. The van der Waals surface area contributed by atoms with Crippen LogP contribution in [0.15, 0.2) is 39.4 Å². The van der Waals surface area contributed by atoms with Gasteiger partial charge in [-0.05, 0) is 34.1 Å². The van der Waals surface area contributed by atoms with E-state index in [9.17, 15) is 9.18 Å². The summed E-state index contributed by atoms with van der Waals surface area (Å²) in [5, 5.41) is 0. The van der Waals surface area contributed by atoms with Gasteiger partial charge in [-0.1, -0.05) is 6.07 Å². The van der Waals surface area contributed by atoms with Crippen molar-refractivity contribution in [3.63, 3.8) is 0 Å². The second-order valence-corrected chi connectivity index (χ2v) is 3.98. The highest BCUT2D eigenvalue weighted by Crippen LogP contribution is 2.24. The standard InChI is InChI=1S/C11H7BrFNO2/c12-7-4-5-16-11(7)10(15)6-2-1-3-8(13)9(6)14/h1-5H,14H2. The number of carbonyl (C=O) groups is 1. The predicted octanol–water partition coefficient (Wildman–Crippen LogP) is 2.99. The number of ketones is 1. The number of benzene rings is 1. The highest BCUT2D eigenvalue weighted by atomic mass is 79.9. The molecule has 1 aromatic carbocycles. The lowest BCUT2D eigenvalue weighted by atomic mass is 10.1. The van der Waals surface area contributed by atoms with Crippen molar-refractivity contribution in [3.8, 4) is 0 Å². The number of para-hydroxylation sites is 1. The van der Waals surface area contributed by atoms with Gasteiger partial charge in [0.2, 0.25) is 5.78 Å². The van der Waals surface area contributed by atoms with Gasteiger partial charge in [0.25, 0.3) is 0 Å². The molecule has 0 spiro atoms. The van der Waals surface area contributed by atoms with Crippen molar-refractivity contribution in [2.24, 2.45) is 0 Å². The Morgan fingerprint density at radius 1 is 1.38 bits per heavy atom. The van der Waals surface area contributed by atoms with Crippen LogP contribution in [-0.4, -0.2) is 5.78 Å². The molecule has 0 amide bonds. The van der Waals surface area contributed by atoms with Crippen LogP contribution >= 0.6 is 15.9 Å². The Morgan fingerprint density at radius 2 is 2.12 bits per heavy atom. The Hall–Kier alpha value is -1.62. The Labute approximate surface area is 99.2 Å². The number of carbonyl (C=O) groups excluding carboxylic acids is 1. The van der Waals surface area contributed by atoms with E-state index in [-0.39, 0.29) is 17.0 Å². The smallest absolute Gasteiger partial charge is 0.231 e. The van der Waals surface area contributed by atoms with E-state index in [1.54, 1.807) is 6.07 Å². The zero-order valence-electron chi connectivity index (χ0n) is 8.04. The van der Waals surface area contributed by atoms with E-state index in [1.807, 2.05) is 0 Å². The van der Waals surface area contributed by atoms with Gasteiger partial charge in [0, 0.05) is 0 Å². The fourth-order valence-corrected chi connectivity index (χ4v) is 1.69. The van der Waals surface area contributed by atoms with Gasteiger partial charge in [-0.15, -0.1) is 0 Å². The third-order valence-corrected chi connectivity index (χ3v) is 2.75. The predicted molar refractivity (Wildman–Crippen MR) is 60.7 cm³/mol. The van der Waals surface area contributed by atoms with Gasteiger partial charge in [-0.25, -0.2) is 4.39 Å². The monoisotopic (exact) mass is 283 g/mol. The zero-order valence-corrected chi connectivity index (χ0v) is 9.62. The van der Waals surface area contributed by atoms with Crippen LogP contribution in [0.1, 0.15) is 16.1 Å². The van der Waals surface area contributed by atoms with Gasteiger partial charge in [0.05, 0.1) is 22.0 Å². The van der Waals surface area contributed by atoms with Crippen molar-refractivity contribution in [2.45, 2.75) is 0 Å². The molecule has 0 radical (unpaired) electrons. The molecule has 0 unspecified atom stereocenters. The lowest BCUT2D eigenvalue weighted by Crippen LogP contribution is -2.06. The lowest BCUT2D eigenvalue weighted by Gasteiger charge is -2.03. The first-order chi connectivity index (χ1) is 7.61. The molecule has 0 aliphatic rings. The van der Waals surface area contributed by atoms with Crippen LogP contribution in [0, 0.1) is 5.82 Å². The summed E-state index contributed by atoms with van der Waals surface area (Å²) in [7, 11) is 0. The highest BCUT2D eigenvalue weighted by Gasteiger charge is 2.19. The summed E-state index contributed by atoms with van der Waals surface area (Å²) in [6.07, 6.45) is 1.37. The van der Waals surface area contributed by atoms with E-state index in [4.69, 9.17) is 10.2 Å². The molecule has 1 aromatic heterocycles. The van der Waals surface area contributed by atoms with Gasteiger partial charge in [-0.2, -0.15) is 0 Å². The van der Waals surface area contributed by atoms with Crippen LogP contribution < -0.4 is 5.73 Å². The summed E-state index contributed by atoms with van der Waals surface area (Å²) >= 11 is 3.16. The fraction of sp³-hybridized carbons (Fsp3) is 0. The Bertz CT molecular complexity index is 551. The van der Waals surface area contributed by atoms with Gasteiger partial charge in [0.1, 0.15) is 5.82 Å². The molecule has 0 fully saturated rings. The topological polar surface area (TPSA) is 56.2 Å². The molecule has 0 aliphatic carbocycles. The molecule has 0 bridgehead atoms. The molecule has 82 valence electrons. The average molecular weight is 284 g/mol. The van der Waals surface area contributed by atoms with E-state index in [0.717, 1.165) is 0 Å². The summed E-state index contributed by atoms with van der Waals surface area (Å²) in [6.45, 7) is 0. The molecule has 5 heteroatoms. The van der Waals surface area contributed by atoms with Crippen LogP contribution in [0.4, 0.5) is 10.1 Å². The Morgan fingerprint density at radius 3 is 2.75 bits per heavy atom. The molecular formula is C11H7BrFNO2. The van der Waals surface area contributed by atoms with Gasteiger partial charge < -0.3 is 10.2 Å². The maximum absolute atomic E-state index is 13.2. The number of hydrogen-bond donors (Lipinski definition) is 1. The number of rotatable bonds is 2. The van der Waals surface area contributed by atoms with Crippen molar-refractivity contribution in [2.75, 3.05) is 5.73 Å². The molecule has 1 heterocycles. The normalized spacial score (nSPS) is 10.4. The fourth-order valence-electron chi connectivity index (χ4n) is 1.31. The minimum atomic E-state index is -0.617. The zero-order chi connectivity index (χ0) is 11.7. The third-order valence-electron chi connectivity index (χ3n) is 2.12. The van der Waals surface area contributed by atoms with Crippen molar-refractivity contribution in [1.29, 1.82) is 0 Å². The minimum Gasteiger partial charge on any atom is -0.460 e. The maximum atomic E-state index is 13.2. The summed E-state index contributed by atoms with van der Waals surface area (Å²) in [5.74, 6) is -0.959. The maximum Gasteiger partial charge on any atom is 0.231 e. The molecule has 16 heavy (non-hydrogen) atoms. The number of anilines is 1. The van der Waals surface area contributed by atoms with Crippen LogP contribution in [-0.2, 0) is 0 Å². The molecule has 0 saturated carbocycles. The lowest BCUT2D eigenvalue weighted by molar-refractivity contribution is 0.101. The largest absolute Gasteiger partial charge is 0.460 e. The molecule has 0 atom stereocenters. The van der Waals surface area contributed by atoms with Crippen molar-refractivity contribution in [1.82, 2.24) is 0 Å². The van der Waals surface area contributed by atoms with Crippen molar-refractivity contribution >= 4 is 27.4 Å². The SMILES string of the molecule is Nc1c(F)cccc1C(=O)c1occc1Br. The van der Waals surface area contributed by atoms with Crippen molar-refractivity contribution < 1.29 is 13.6 Å². The third kappa shape index (κ3) is 1.74. The van der Waals surface area contributed by atoms with E-state index < -0.39 is 11.6 Å². The molecule has 2 aromatic rings. The second kappa shape index (κ2) is 4.09. The molecule has 2 rings (SSSR count). The van der Waals surface area contributed by atoms with Crippen molar-refractivity contribution in [3.05, 3.63) is 52.1 Å². The van der Waals surface area contributed by atoms with Gasteiger partial charge in [-0.3, -0.25) is 4.79 Å². The molecule has 3 nitrogen and oxygen atoms in total. The van der Waals surface area contributed by atoms with Crippen LogP contribution in [0.2, 0.25) is 0 Å². The second-order valence-electron chi connectivity index (χ2n) is 3.13.